The number of ketones is 1. The van der Waals surface area contributed by atoms with Crippen LogP contribution in [0, 0.1) is 6.92 Å². The highest BCUT2D eigenvalue weighted by Gasteiger charge is 2.28. The van der Waals surface area contributed by atoms with Gasteiger partial charge in [-0.2, -0.15) is 0 Å². The van der Waals surface area contributed by atoms with Crippen LogP contribution < -0.4 is 18.9 Å². The van der Waals surface area contributed by atoms with Crippen molar-refractivity contribution < 1.29 is 28.5 Å². The molecule has 6 nitrogen and oxygen atoms in total. The molecule has 0 spiro atoms. The minimum atomic E-state index is -0.569. The van der Waals surface area contributed by atoms with Gasteiger partial charge in [-0.3, -0.25) is 4.79 Å². The first-order valence-corrected chi connectivity index (χ1v) is 9.57. The Morgan fingerprint density at radius 2 is 1.65 bits per heavy atom. The minimum absolute atomic E-state index is 0.214. The van der Waals surface area contributed by atoms with E-state index in [1.807, 2.05) is 31.2 Å². The Hall–Kier alpha value is -4.06. The quantitative estimate of drug-likeness (QED) is 0.336. The number of aryl methyl sites for hydroxylation is 1. The van der Waals surface area contributed by atoms with E-state index in [1.54, 1.807) is 30.3 Å². The van der Waals surface area contributed by atoms with Gasteiger partial charge >= 0.3 is 5.97 Å². The molecule has 6 heteroatoms. The molecule has 0 aromatic heterocycles. The molecule has 3 aromatic rings. The molecule has 3 aromatic carbocycles. The fourth-order valence-electron chi connectivity index (χ4n) is 3.17. The van der Waals surface area contributed by atoms with E-state index in [1.165, 1.54) is 26.4 Å². The zero-order chi connectivity index (χ0) is 22.0. The van der Waals surface area contributed by atoms with Gasteiger partial charge < -0.3 is 18.9 Å². The van der Waals surface area contributed by atoms with Crippen molar-refractivity contribution >= 4 is 17.8 Å². The number of methoxy groups -OCH3 is 2. The third-order valence-corrected chi connectivity index (χ3v) is 4.85. The lowest BCUT2D eigenvalue weighted by Gasteiger charge is -2.10. The molecule has 0 N–H and O–H groups in total. The number of hydrogen-bond acceptors (Lipinski definition) is 6. The molecule has 4 rings (SSSR count). The van der Waals surface area contributed by atoms with Gasteiger partial charge in [0.1, 0.15) is 11.5 Å². The van der Waals surface area contributed by atoms with E-state index in [4.69, 9.17) is 18.9 Å². The molecule has 0 radical (unpaired) electrons. The van der Waals surface area contributed by atoms with Gasteiger partial charge in [0.15, 0.2) is 17.3 Å². The number of allylic oxidation sites excluding steroid dienone is 1. The summed E-state index contributed by atoms with van der Waals surface area (Å²) in [5.41, 5.74) is 2.71. The highest BCUT2D eigenvalue weighted by atomic mass is 16.5. The molecule has 0 unspecified atom stereocenters. The molecule has 0 saturated carbocycles. The van der Waals surface area contributed by atoms with Crippen LogP contribution in [0.1, 0.15) is 31.8 Å². The van der Waals surface area contributed by atoms with E-state index in [0.29, 0.717) is 28.4 Å². The molecular formula is C25H20O6. The number of esters is 1. The summed E-state index contributed by atoms with van der Waals surface area (Å²) >= 11 is 0. The molecule has 1 heterocycles. The van der Waals surface area contributed by atoms with Crippen LogP contribution in [-0.4, -0.2) is 26.0 Å². The number of hydrogen-bond donors (Lipinski definition) is 0. The lowest BCUT2D eigenvalue weighted by molar-refractivity contribution is 0.0734. The number of carbonyl (C=O) groups excluding carboxylic acids is 2. The van der Waals surface area contributed by atoms with Crippen molar-refractivity contribution in [1.82, 2.24) is 0 Å². The third-order valence-electron chi connectivity index (χ3n) is 4.85. The normalized spacial score (nSPS) is 13.5. The summed E-state index contributed by atoms with van der Waals surface area (Å²) in [7, 11) is 3.01. The zero-order valence-corrected chi connectivity index (χ0v) is 17.3. The van der Waals surface area contributed by atoms with Crippen LogP contribution >= 0.6 is 0 Å². The average Bonchev–Trinajstić information content (AvgIpc) is 3.09. The SMILES string of the molecule is COc1ccc(C(=O)Oc2ccc3c(c2)OC(=Cc2ccc(C)cc2)C3=O)cc1OC. The molecule has 1 aliphatic heterocycles. The Morgan fingerprint density at radius 1 is 0.903 bits per heavy atom. The van der Waals surface area contributed by atoms with E-state index in [2.05, 4.69) is 0 Å². The van der Waals surface area contributed by atoms with Crippen molar-refractivity contribution in [2.45, 2.75) is 6.92 Å². The number of fused-ring (bicyclic) bond motifs is 1. The van der Waals surface area contributed by atoms with Gasteiger partial charge in [0.05, 0.1) is 25.3 Å². The first-order valence-electron chi connectivity index (χ1n) is 9.57. The second kappa shape index (κ2) is 8.36. The van der Waals surface area contributed by atoms with E-state index in [9.17, 15) is 9.59 Å². The summed E-state index contributed by atoms with van der Waals surface area (Å²) in [6, 6.07) is 17.2. The Morgan fingerprint density at radius 3 is 2.35 bits per heavy atom. The molecule has 156 valence electrons. The van der Waals surface area contributed by atoms with Crippen LogP contribution in [-0.2, 0) is 0 Å². The number of benzene rings is 3. The van der Waals surface area contributed by atoms with Crippen LogP contribution in [0.15, 0.2) is 66.4 Å². The first kappa shape index (κ1) is 20.2. The molecule has 0 atom stereocenters. The molecule has 1 aliphatic rings. The second-order valence-corrected chi connectivity index (χ2v) is 6.97. The molecule has 0 fully saturated rings. The fourth-order valence-corrected chi connectivity index (χ4v) is 3.17. The van der Waals surface area contributed by atoms with Gasteiger partial charge in [-0.15, -0.1) is 0 Å². The van der Waals surface area contributed by atoms with E-state index < -0.39 is 5.97 Å². The fraction of sp³-hybridized carbons (Fsp3) is 0.120. The predicted molar refractivity (Wildman–Crippen MR) is 115 cm³/mol. The average molecular weight is 416 g/mol. The first-order chi connectivity index (χ1) is 15.0. The van der Waals surface area contributed by atoms with E-state index in [-0.39, 0.29) is 17.3 Å². The van der Waals surface area contributed by atoms with Crippen molar-refractivity contribution in [3.05, 3.63) is 88.7 Å². The van der Waals surface area contributed by atoms with E-state index >= 15 is 0 Å². The van der Waals surface area contributed by atoms with Crippen LogP contribution in [0.3, 0.4) is 0 Å². The molecule has 0 aliphatic carbocycles. The summed E-state index contributed by atoms with van der Waals surface area (Å²) in [5.74, 6) is 0.988. The Bertz CT molecular complexity index is 1190. The Labute approximate surface area is 179 Å². The molecule has 0 bridgehead atoms. The summed E-state index contributed by atoms with van der Waals surface area (Å²) < 4.78 is 21.6. The number of ether oxygens (including phenoxy) is 4. The Balaban J connectivity index is 1.53. The van der Waals surface area contributed by atoms with Gasteiger partial charge in [-0.25, -0.2) is 4.79 Å². The maximum absolute atomic E-state index is 12.6. The van der Waals surface area contributed by atoms with Crippen molar-refractivity contribution in [3.8, 4) is 23.0 Å². The molecule has 0 saturated heterocycles. The Kier molecular flexibility index (Phi) is 5.45. The summed E-state index contributed by atoms with van der Waals surface area (Å²) in [5, 5.41) is 0. The largest absolute Gasteiger partial charge is 0.493 e. The number of rotatable bonds is 5. The molecular weight excluding hydrogens is 396 g/mol. The number of Topliss-reactive ketones (excluding diaryl/α,β-unsaturated/α-hetero) is 1. The number of carbonyl (C=O) groups is 2. The lowest BCUT2D eigenvalue weighted by atomic mass is 10.1. The van der Waals surface area contributed by atoms with Crippen LogP contribution in [0.2, 0.25) is 0 Å². The van der Waals surface area contributed by atoms with Crippen molar-refractivity contribution in [2.75, 3.05) is 14.2 Å². The van der Waals surface area contributed by atoms with Crippen LogP contribution in [0.5, 0.6) is 23.0 Å². The topological polar surface area (TPSA) is 71.1 Å². The minimum Gasteiger partial charge on any atom is -0.493 e. The molecule has 0 amide bonds. The summed E-state index contributed by atoms with van der Waals surface area (Å²) in [6.07, 6.45) is 1.69. The monoisotopic (exact) mass is 416 g/mol. The maximum Gasteiger partial charge on any atom is 0.343 e. The highest BCUT2D eigenvalue weighted by Crippen LogP contribution is 2.35. The van der Waals surface area contributed by atoms with Crippen molar-refractivity contribution in [2.24, 2.45) is 0 Å². The summed E-state index contributed by atoms with van der Waals surface area (Å²) in [4.78, 5) is 25.2. The van der Waals surface area contributed by atoms with Crippen LogP contribution in [0.4, 0.5) is 0 Å². The second-order valence-electron chi connectivity index (χ2n) is 6.97. The van der Waals surface area contributed by atoms with E-state index in [0.717, 1.165) is 11.1 Å². The van der Waals surface area contributed by atoms with Gasteiger partial charge in [0.25, 0.3) is 0 Å². The maximum atomic E-state index is 12.6. The van der Waals surface area contributed by atoms with Crippen molar-refractivity contribution in [1.29, 1.82) is 0 Å². The summed E-state index contributed by atoms with van der Waals surface area (Å²) in [6.45, 7) is 1.99. The molecule has 31 heavy (non-hydrogen) atoms. The van der Waals surface area contributed by atoms with Crippen LogP contribution in [0.25, 0.3) is 6.08 Å². The van der Waals surface area contributed by atoms with Gasteiger partial charge in [-0.1, -0.05) is 29.8 Å². The third kappa shape index (κ3) is 4.14. The smallest absolute Gasteiger partial charge is 0.343 e. The van der Waals surface area contributed by atoms with Gasteiger partial charge in [0.2, 0.25) is 5.78 Å². The van der Waals surface area contributed by atoms with Crippen molar-refractivity contribution in [3.63, 3.8) is 0 Å². The lowest BCUT2D eigenvalue weighted by Crippen LogP contribution is -2.09. The predicted octanol–water partition coefficient (Wildman–Crippen LogP) is 4.85. The standard InChI is InChI=1S/C25H20O6/c1-15-4-6-16(7-5-15)12-23-24(26)19-10-9-18(14-21(19)31-23)30-25(27)17-8-11-20(28-2)22(13-17)29-3/h4-14H,1-3H3. The zero-order valence-electron chi connectivity index (χ0n) is 17.3. The van der Waals surface area contributed by atoms with Gasteiger partial charge in [0, 0.05) is 6.07 Å². The highest BCUT2D eigenvalue weighted by molar-refractivity contribution is 6.14. The van der Waals surface area contributed by atoms with Gasteiger partial charge in [-0.05, 0) is 48.9 Å².